The summed E-state index contributed by atoms with van der Waals surface area (Å²) in [6.07, 6.45) is 3.57. The van der Waals surface area contributed by atoms with Crippen molar-refractivity contribution < 1.29 is 9.47 Å². The number of benzene rings is 2. The molecule has 35 heavy (non-hydrogen) atoms. The lowest BCUT2D eigenvalue weighted by atomic mass is 10.2. The van der Waals surface area contributed by atoms with Gasteiger partial charge in [-0.05, 0) is 42.5 Å². The molecule has 1 aliphatic rings. The summed E-state index contributed by atoms with van der Waals surface area (Å²) in [5, 5.41) is 4.45. The molecule has 0 saturated carbocycles. The number of nitrogens with zero attached hydrogens (tertiary/aromatic N) is 6. The van der Waals surface area contributed by atoms with Crippen molar-refractivity contribution in [1.29, 1.82) is 0 Å². The number of ether oxygens (including phenoxy) is 2. The Morgan fingerprint density at radius 3 is 2.37 bits per heavy atom. The van der Waals surface area contributed by atoms with Gasteiger partial charge in [0, 0.05) is 44.0 Å². The molecular formula is C26H29N7O2. The van der Waals surface area contributed by atoms with Crippen molar-refractivity contribution in [2.24, 2.45) is 0 Å². The van der Waals surface area contributed by atoms with E-state index in [-0.39, 0.29) is 0 Å². The van der Waals surface area contributed by atoms with Gasteiger partial charge in [-0.25, -0.2) is 19.9 Å². The van der Waals surface area contributed by atoms with E-state index in [2.05, 4.69) is 25.1 Å². The smallest absolute Gasteiger partial charge is 0.225 e. The van der Waals surface area contributed by atoms with Gasteiger partial charge in [-0.1, -0.05) is 12.1 Å². The summed E-state index contributed by atoms with van der Waals surface area (Å²) >= 11 is 0. The number of methoxy groups -OCH3 is 1. The fraction of sp³-hybridized carbons (Fsp3) is 0.308. The molecule has 1 saturated heterocycles. The van der Waals surface area contributed by atoms with Crippen LogP contribution in [0.15, 0.2) is 67.0 Å². The molecule has 1 N–H and O–H groups in total. The minimum absolute atomic E-state index is 0.517. The molecule has 0 spiro atoms. The van der Waals surface area contributed by atoms with Crippen molar-refractivity contribution in [3.63, 3.8) is 0 Å². The Morgan fingerprint density at radius 1 is 0.857 bits per heavy atom. The summed E-state index contributed by atoms with van der Waals surface area (Å²) in [6, 6.07) is 17.5. The zero-order valence-electron chi connectivity index (χ0n) is 19.8. The van der Waals surface area contributed by atoms with Gasteiger partial charge in [0.05, 0.1) is 25.7 Å². The second-order valence-corrected chi connectivity index (χ2v) is 8.27. The molecule has 0 aliphatic carbocycles. The lowest BCUT2D eigenvalue weighted by Crippen LogP contribution is -2.46. The van der Waals surface area contributed by atoms with Crippen LogP contribution in [-0.2, 0) is 6.54 Å². The first-order valence-corrected chi connectivity index (χ1v) is 11.8. The fourth-order valence-electron chi connectivity index (χ4n) is 4.10. The predicted octanol–water partition coefficient (Wildman–Crippen LogP) is 3.24. The molecule has 0 atom stereocenters. The summed E-state index contributed by atoms with van der Waals surface area (Å²) in [5.74, 6) is 4.05. The van der Waals surface area contributed by atoms with Crippen molar-refractivity contribution in [2.75, 3.05) is 56.7 Å². The first kappa shape index (κ1) is 22.8. The van der Waals surface area contributed by atoms with Gasteiger partial charge in [-0.15, -0.1) is 0 Å². The number of hydrogen-bond acceptors (Lipinski definition) is 9. The van der Waals surface area contributed by atoms with Crippen molar-refractivity contribution >= 4 is 22.7 Å². The molecule has 9 nitrogen and oxygen atoms in total. The average Bonchev–Trinajstić information content (AvgIpc) is 2.92. The van der Waals surface area contributed by atoms with Gasteiger partial charge in [0.25, 0.3) is 0 Å². The van der Waals surface area contributed by atoms with E-state index in [1.807, 2.05) is 54.6 Å². The fourth-order valence-corrected chi connectivity index (χ4v) is 4.10. The lowest BCUT2D eigenvalue weighted by molar-refractivity contribution is 0.243. The van der Waals surface area contributed by atoms with Crippen LogP contribution in [0.4, 0.5) is 11.8 Å². The van der Waals surface area contributed by atoms with E-state index in [1.54, 1.807) is 19.5 Å². The van der Waals surface area contributed by atoms with Crippen molar-refractivity contribution in [1.82, 2.24) is 24.8 Å². The molecule has 3 heterocycles. The third-order valence-corrected chi connectivity index (χ3v) is 5.94. The highest BCUT2D eigenvalue weighted by molar-refractivity contribution is 5.88. The minimum atomic E-state index is 0.517. The molecular weight excluding hydrogens is 442 g/mol. The quantitative estimate of drug-likeness (QED) is 0.370. The second kappa shape index (κ2) is 11.0. The Labute approximate surface area is 204 Å². The largest absolute Gasteiger partial charge is 0.497 e. The zero-order chi connectivity index (χ0) is 23.9. The summed E-state index contributed by atoms with van der Waals surface area (Å²) < 4.78 is 11.0. The van der Waals surface area contributed by atoms with E-state index in [0.717, 1.165) is 66.2 Å². The maximum Gasteiger partial charge on any atom is 0.225 e. The number of rotatable bonds is 9. The molecule has 0 amide bonds. The Hall–Kier alpha value is -3.98. The summed E-state index contributed by atoms with van der Waals surface area (Å²) in [4.78, 5) is 23.0. The summed E-state index contributed by atoms with van der Waals surface area (Å²) in [5.41, 5.74) is 0.937. The van der Waals surface area contributed by atoms with Crippen LogP contribution in [-0.4, -0.2) is 71.3 Å². The first-order valence-electron chi connectivity index (χ1n) is 11.8. The zero-order valence-corrected chi connectivity index (χ0v) is 19.8. The van der Waals surface area contributed by atoms with Gasteiger partial charge in [-0.2, -0.15) is 0 Å². The van der Waals surface area contributed by atoms with Crippen molar-refractivity contribution in [3.8, 4) is 11.5 Å². The van der Waals surface area contributed by atoms with E-state index in [9.17, 15) is 0 Å². The van der Waals surface area contributed by atoms with E-state index in [1.165, 1.54) is 0 Å². The van der Waals surface area contributed by atoms with Crippen molar-refractivity contribution in [2.45, 2.75) is 6.54 Å². The van der Waals surface area contributed by atoms with E-state index in [4.69, 9.17) is 19.4 Å². The monoisotopic (exact) mass is 471 g/mol. The van der Waals surface area contributed by atoms with Crippen LogP contribution in [0.2, 0.25) is 0 Å². The second-order valence-electron chi connectivity index (χ2n) is 8.27. The van der Waals surface area contributed by atoms with Crippen LogP contribution in [0.1, 0.15) is 5.82 Å². The molecule has 0 bridgehead atoms. The molecule has 180 valence electrons. The van der Waals surface area contributed by atoms with Gasteiger partial charge in [0.2, 0.25) is 5.95 Å². The van der Waals surface area contributed by atoms with Gasteiger partial charge < -0.3 is 19.7 Å². The molecule has 0 unspecified atom stereocenters. The van der Waals surface area contributed by atoms with Crippen LogP contribution in [0.25, 0.3) is 10.9 Å². The number of nitrogens with one attached hydrogen (secondary N) is 1. The highest BCUT2D eigenvalue weighted by Crippen LogP contribution is 2.21. The Morgan fingerprint density at radius 2 is 1.60 bits per heavy atom. The number of piperazine rings is 1. The number of hydrogen-bond donors (Lipinski definition) is 1. The number of aromatic nitrogens is 4. The molecule has 4 aromatic rings. The molecule has 2 aromatic carbocycles. The lowest BCUT2D eigenvalue weighted by Gasteiger charge is -2.34. The van der Waals surface area contributed by atoms with Crippen LogP contribution < -0.4 is 19.7 Å². The first-order chi connectivity index (χ1) is 17.3. The van der Waals surface area contributed by atoms with Crippen LogP contribution in [0.3, 0.4) is 0 Å². The Bertz CT molecular complexity index is 1230. The predicted molar refractivity (Wildman–Crippen MR) is 136 cm³/mol. The molecule has 5 rings (SSSR count). The summed E-state index contributed by atoms with van der Waals surface area (Å²) in [6.45, 7) is 5.42. The van der Waals surface area contributed by atoms with Crippen LogP contribution >= 0.6 is 0 Å². The highest BCUT2D eigenvalue weighted by atomic mass is 16.5. The van der Waals surface area contributed by atoms with Crippen LogP contribution in [0.5, 0.6) is 11.5 Å². The third-order valence-electron chi connectivity index (χ3n) is 5.94. The van der Waals surface area contributed by atoms with Gasteiger partial charge in [-0.3, -0.25) is 4.90 Å². The molecule has 1 aliphatic heterocycles. The maximum atomic E-state index is 5.85. The molecule has 2 aromatic heterocycles. The average molecular weight is 472 g/mol. The van der Waals surface area contributed by atoms with E-state index in [0.29, 0.717) is 19.7 Å². The number of para-hydroxylation sites is 1. The standard InChI is InChI=1S/C26H29N7O2/c1-34-20-7-9-21(10-8-20)35-18-13-27-25-22-5-2-3-6-23(22)30-24(31-25)19-32-14-16-33(17-15-32)26-28-11-4-12-29-26/h2-12H,13-19H2,1H3,(H,27,30,31). The van der Waals surface area contributed by atoms with E-state index < -0.39 is 0 Å². The van der Waals surface area contributed by atoms with Crippen LogP contribution in [0, 0.1) is 0 Å². The molecule has 0 radical (unpaired) electrons. The minimum Gasteiger partial charge on any atom is -0.497 e. The highest BCUT2D eigenvalue weighted by Gasteiger charge is 2.20. The molecule has 9 heteroatoms. The van der Waals surface area contributed by atoms with Gasteiger partial charge in [0.1, 0.15) is 29.7 Å². The molecule has 1 fully saturated rings. The maximum absolute atomic E-state index is 5.85. The third kappa shape index (κ3) is 5.75. The van der Waals surface area contributed by atoms with Gasteiger partial charge in [0.15, 0.2) is 0 Å². The number of anilines is 2. The van der Waals surface area contributed by atoms with Crippen molar-refractivity contribution in [3.05, 3.63) is 72.8 Å². The summed E-state index contributed by atoms with van der Waals surface area (Å²) in [7, 11) is 1.65. The normalized spacial score (nSPS) is 14.1. The topological polar surface area (TPSA) is 88.5 Å². The Balaban J connectivity index is 1.20. The van der Waals surface area contributed by atoms with Gasteiger partial charge >= 0.3 is 0 Å². The number of fused-ring (bicyclic) bond motifs is 1. The SMILES string of the molecule is COc1ccc(OCCNc2nc(CN3CCN(c4ncccn4)CC3)nc3ccccc23)cc1. The van der Waals surface area contributed by atoms with E-state index >= 15 is 0 Å². The Kier molecular flexibility index (Phi) is 7.14.